The number of halogens is 1. The fourth-order valence-electron chi connectivity index (χ4n) is 3.19. The van der Waals surface area contributed by atoms with Gasteiger partial charge < -0.3 is 14.6 Å². The van der Waals surface area contributed by atoms with Crippen LogP contribution in [0.2, 0.25) is 0 Å². The number of amides is 2. The Balaban J connectivity index is 1.64. The Hall–Kier alpha value is -3.48. The predicted octanol–water partition coefficient (Wildman–Crippen LogP) is 2.79. The molecule has 7 heteroatoms. The molecule has 2 heterocycles. The molecule has 1 aliphatic heterocycles. The van der Waals surface area contributed by atoms with Gasteiger partial charge in [0.25, 0.3) is 5.91 Å². The van der Waals surface area contributed by atoms with Gasteiger partial charge in [-0.25, -0.2) is 9.37 Å². The Morgan fingerprint density at radius 1 is 1.19 bits per heavy atom. The smallest absolute Gasteiger partial charge is 0.254 e. The molecule has 2 aromatic carbocycles. The molecule has 0 spiro atoms. The zero-order valence-corrected chi connectivity index (χ0v) is 14.3. The maximum absolute atomic E-state index is 14.3. The van der Waals surface area contributed by atoms with Gasteiger partial charge in [-0.05, 0) is 18.2 Å². The molecule has 1 unspecified atom stereocenters. The van der Waals surface area contributed by atoms with Crippen LogP contribution < -0.4 is 5.32 Å². The number of aromatic nitrogens is 1. The number of hydrogen-bond donors (Lipinski definition) is 1. The summed E-state index contributed by atoms with van der Waals surface area (Å²) in [5.41, 5.74) is 1.38. The first kappa shape index (κ1) is 17.0. The lowest BCUT2D eigenvalue weighted by atomic mass is 10.00. The van der Waals surface area contributed by atoms with Gasteiger partial charge in [-0.2, -0.15) is 0 Å². The molecule has 0 bridgehead atoms. The number of hydrogen-bond acceptors (Lipinski definition) is 4. The Bertz CT molecular complexity index is 970. The van der Waals surface area contributed by atoms with Crippen LogP contribution in [-0.4, -0.2) is 34.8 Å². The largest absolute Gasteiger partial charge is 0.444 e. The molecule has 1 aliphatic rings. The second-order valence-corrected chi connectivity index (χ2v) is 6.16. The van der Waals surface area contributed by atoms with Gasteiger partial charge in [0.05, 0.1) is 6.20 Å². The Kier molecular flexibility index (Phi) is 4.42. The molecule has 0 radical (unpaired) electrons. The highest BCUT2D eigenvalue weighted by Gasteiger charge is 2.36. The fraction of sp³-hybridized carbons (Fsp3) is 0.150. The van der Waals surface area contributed by atoms with Crippen molar-refractivity contribution in [2.24, 2.45) is 0 Å². The summed E-state index contributed by atoms with van der Waals surface area (Å²) in [6.45, 7) is 0.624. The monoisotopic (exact) mass is 365 g/mol. The SMILES string of the molecule is O=C1NCCN(C(=O)c2ccc(-c3cnco3)cc2)C1c1ccccc1F. The van der Waals surface area contributed by atoms with E-state index < -0.39 is 17.8 Å². The molecule has 1 aromatic heterocycles. The first-order chi connectivity index (χ1) is 13.1. The van der Waals surface area contributed by atoms with E-state index >= 15 is 0 Å². The van der Waals surface area contributed by atoms with E-state index in [9.17, 15) is 14.0 Å². The van der Waals surface area contributed by atoms with Gasteiger partial charge in [-0.15, -0.1) is 0 Å². The standard InChI is InChI=1S/C20H16FN3O3/c21-16-4-2-1-3-15(16)18-19(25)23-9-10-24(18)20(26)14-7-5-13(6-8-14)17-11-22-12-27-17/h1-8,11-12,18H,9-10H2,(H,23,25). The number of benzene rings is 2. The summed E-state index contributed by atoms with van der Waals surface area (Å²) >= 11 is 0. The summed E-state index contributed by atoms with van der Waals surface area (Å²) in [5.74, 6) is -0.645. The molecule has 4 rings (SSSR count). The van der Waals surface area contributed by atoms with Crippen LogP contribution in [0, 0.1) is 5.82 Å². The first-order valence-corrected chi connectivity index (χ1v) is 8.47. The zero-order chi connectivity index (χ0) is 18.8. The van der Waals surface area contributed by atoms with E-state index in [1.165, 1.54) is 23.4 Å². The summed E-state index contributed by atoms with van der Waals surface area (Å²) in [7, 11) is 0. The Morgan fingerprint density at radius 3 is 2.67 bits per heavy atom. The maximum atomic E-state index is 14.3. The minimum atomic E-state index is -0.999. The molecule has 1 atom stereocenters. The highest BCUT2D eigenvalue weighted by molar-refractivity contribution is 5.98. The number of nitrogens with one attached hydrogen (secondary N) is 1. The predicted molar refractivity (Wildman–Crippen MR) is 95.1 cm³/mol. The van der Waals surface area contributed by atoms with Gasteiger partial charge in [0.15, 0.2) is 12.2 Å². The van der Waals surface area contributed by atoms with Crippen molar-refractivity contribution in [3.05, 3.63) is 78.1 Å². The van der Waals surface area contributed by atoms with Crippen LogP contribution in [0.1, 0.15) is 22.0 Å². The lowest BCUT2D eigenvalue weighted by Crippen LogP contribution is -2.52. The minimum Gasteiger partial charge on any atom is -0.444 e. The molecule has 6 nitrogen and oxygen atoms in total. The van der Waals surface area contributed by atoms with Crippen LogP contribution >= 0.6 is 0 Å². The second kappa shape index (κ2) is 7.03. The third-order valence-corrected chi connectivity index (χ3v) is 4.52. The summed E-state index contributed by atoms with van der Waals surface area (Å²) in [5, 5.41) is 2.70. The molecule has 1 saturated heterocycles. The molecule has 2 amide bonds. The normalized spacial score (nSPS) is 16.9. The number of carbonyl (C=O) groups is 2. The highest BCUT2D eigenvalue weighted by atomic mass is 19.1. The van der Waals surface area contributed by atoms with Crippen molar-refractivity contribution in [2.75, 3.05) is 13.1 Å². The summed E-state index contributed by atoms with van der Waals surface area (Å²) in [6, 6.07) is 11.8. The van der Waals surface area contributed by atoms with Crippen molar-refractivity contribution in [3.8, 4) is 11.3 Å². The average Bonchev–Trinajstić information content (AvgIpc) is 3.23. The zero-order valence-electron chi connectivity index (χ0n) is 14.3. The van der Waals surface area contributed by atoms with E-state index in [4.69, 9.17) is 4.42 Å². The van der Waals surface area contributed by atoms with Crippen molar-refractivity contribution < 1.29 is 18.4 Å². The van der Waals surface area contributed by atoms with Crippen molar-refractivity contribution in [1.29, 1.82) is 0 Å². The maximum Gasteiger partial charge on any atom is 0.254 e. The summed E-state index contributed by atoms with van der Waals surface area (Å²) in [6.07, 6.45) is 2.92. The molecule has 1 N–H and O–H groups in total. The number of oxazole rings is 1. The van der Waals surface area contributed by atoms with Gasteiger partial charge in [-0.3, -0.25) is 9.59 Å². The fourth-order valence-corrected chi connectivity index (χ4v) is 3.19. The topological polar surface area (TPSA) is 75.4 Å². The molecule has 1 fully saturated rings. The third kappa shape index (κ3) is 3.19. The third-order valence-electron chi connectivity index (χ3n) is 4.52. The molecule has 3 aromatic rings. The summed E-state index contributed by atoms with van der Waals surface area (Å²) < 4.78 is 19.5. The first-order valence-electron chi connectivity index (χ1n) is 8.47. The van der Waals surface area contributed by atoms with Crippen LogP contribution in [0.25, 0.3) is 11.3 Å². The molecule has 27 heavy (non-hydrogen) atoms. The lowest BCUT2D eigenvalue weighted by molar-refractivity contribution is -0.128. The average molecular weight is 365 g/mol. The van der Waals surface area contributed by atoms with E-state index in [1.807, 2.05) is 0 Å². The van der Waals surface area contributed by atoms with Crippen LogP contribution in [0.3, 0.4) is 0 Å². The molecule has 0 saturated carbocycles. The summed E-state index contributed by atoms with van der Waals surface area (Å²) in [4.78, 5) is 30.7. The van der Waals surface area contributed by atoms with E-state index in [2.05, 4.69) is 10.3 Å². The van der Waals surface area contributed by atoms with Crippen molar-refractivity contribution >= 4 is 11.8 Å². The van der Waals surface area contributed by atoms with E-state index in [0.29, 0.717) is 24.4 Å². The Morgan fingerprint density at radius 2 is 1.96 bits per heavy atom. The number of rotatable bonds is 3. The number of carbonyl (C=O) groups excluding carboxylic acids is 2. The van der Waals surface area contributed by atoms with Crippen molar-refractivity contribution in [1.82, 2.24) is 15.2 Å². The van der Waals surface area contributed by atoms with Gasteiger partial charge >= 0.3 is 0 Å². The minimum absolute atomic E-state index is 0.182. The van der Waals surface area contributed by atoms with Crippen molar-refractivity contribution in [3.63, 3.8) is 0 Å². The van der Waals surface area contributed by atoms with Crippen molar-refractivity contribution in [2.45, 2.75) is 6.04 Å². The lowest BCUT2D eigenvalue weighted by Gasteiger charge is -2.35. The van der Waals surface area contributed by atoms with E-state index in [-0.39, 0.29) is 11.5 Å². The Labute approximate surface area is 154 Å². The molecular formula is C20H16FN3O3. The molecular weight excluding hydrogens is 349 g/mol. The highest BCUT2D eigenvalue weighted by Crippen LogP contribution is 2.28. The van der Waals surface area contributed by atoms with E-state index in [1.54, 1.807) is 42.6 Å². The van der Waals surface area contributed by atoms with Gasteiger partial charge in [0, 0.05) is 29.8 Å². The van der Waals surface area contributed by atoms with Gasteiger partial charge in [0.1, 0.15) is 11.9 Å². The van der Waals surface area contributed by atoms with Gasteiger partial charge in [-0.1, -0.05) is 30.3 Å². The molecule has 136 valence electrons. The van der Waals surface area contributed by atoms with Crippen LogP contribution in [0.4, 0.5) is 4.39 Å². The molecule has 0 aliphatic carbocycles. The number of nitrogens with zero attached hydrogens (tertiary/aromatic N) is 2. The van der Waals surface area contributed by atoms with Gasteiger partial charge in [0.2, 0.25) is 5.91 Å². The van der Waals surface area contributed by atoms with Crippen LogP contribution in [-0.2, 0) is 4.79 Å². The van der Waals surface area contributed by atoms with Crippen LogP contribution in [0.15, 0.2) is 65.5 Å². The van der Waals surface area contributed by atoms with Crippen LogP contribution in [0.5, 0.6) is 0 Å². The quantitative estimate of drug-likeness (QED) is 0.774. The van der Waals surface area contributed by atoms with E-state index in [0.717, 1.165) is 5.56 Å². The number of piperazine rings is 1. The second-order valence-electron chi connectivity index (χ2n) is 6.16.